The number of allylic oxidation sites excluding steroid dienone is 3. The van der Waals surface area contributed by atoms with Crippen LogP contribution in [-0.4, -0.2) is 10.7 Å². The quantitative estimate of drug-likeness (QED) is 0.614. The number of non-ortho nitro benzene ring substituents is 1. The van der Waals surface area contributed by atoms with Crippen molar-refractivity contribution in [3.05, 3.63) is 63.4 Å². The van der Waals surface area contributed by atoms with E-state index in [-0.39, 0.29) is 23.0 Å². The Balaban J connectivity index is 1.84. The van der Waals surface area contributed by atoms with E-state index in [9.17, 15) is 14.9 Å². The van der Waals surface area contributed by atoms with E-state index in [1.807, 2.05) is 12.2 Å². The van der Waals surface area contributed by atoms with E-state index in [0.29, 0.717) is 12.0 Å². The van der Waals surface area contributed by atoms with Crippen LogP contribution in [0.1, 0.15) is 38.4 Å². The molecule has 0 saturated heterocycles. The van der Waals surface area contributed by atoms with Crippen molar-refractivity contribution in [2.24, 2.45) is 5.41 Å². The molecule has 0 fully saturated rings. The number of Topliss-reactive ketones (excluding diaryl/α,β-unsaturated/α-hetero) is 1. The first-order valence-corrected chi connectivity index (χ1v) is 7.21. The standard InChI is InChI=1S/C17H17NO4/c1-17(2)9-14(19)13-7-8-15(22-16(13)10-17)11-3-5-12(6-4-11)18(20)21/h3-8,15H,9-10H2,1-2H3. The summed E-state index contributed by atoms with van der Waals surface area (Å²) < 4.78 is 5.98. The summed E-state index contributed by atoms with van der Waals surface area (Å²) in [5, 5.41) is 10.7. The van der Waals surface area contributed by atoms with Gasteiger partial charge in [0, 0.05) is 25.0 Å². The Morgan fingerprint density at radius 1 is 1.23 bits per heavy atom. The first-order chi connectivity index (χ1) is 10.4. The molecule has 0 amide bonds. The highest BCUT2D eigenvalue weighted by Gasteiger charge is 2.35. The molecule has 5 nitrogen and oxygen atoms in total. The summed E-state index contributed by atoms with van der Waals surface area (Å²) in [4.78, 5) is 22.4. The zero-order valence-corrected chi connectivity index (χ0v) is 12.5. The predicted octanol–water partition coefficient (Wildman–Crippen LogP) is 3.87. The number of carbonyl (C=O) groups excluding carboxylic acids is 1. The average Bonchev–Trinajstić information content (AvgIpc) is 2.45. The monoisotopic (exact) mass is 299 g/mol. The molecule has 22 heavy (non-hydrogen) atoms. The second-order valence-electron chi connectivity index (χ2n) is 6.52. The second kappa shape index (κ2) is 5.09. The van der Waals surface area contributed by atoms with Gasteiger partial charge >= 0.3 is 0 Å². The Kier molecular flexibility index (Phi) is 3.35. The largest absolute Gasteiger partial charge is 0.485 e. The minimum Gasteiger partial charge on any atom is -0.485 e. The molecular formula is C17H17NO4. The number of ketones is 1. The van der Waals surface area contributed by atoms with Gasteiger partial charge < -0.3 is 4.74 Å². The van der Waals surface area contributed by atoms with Crippen molar-refractivity contribution in [2.75, 3.05) is 0 Å². The van der Waals surface area contributed by atoms with E-state index in [1.54, 1.807) is 12.1 Å². The van der Waals surface area contributed by atoms with Gasteiger partial charge in [-0.2, -0.15) is 0 Å². The van der Waals surface area contributed by atoms with Crippen LogP contribution in [0.3, 0.4) is 0 Å². The highest BCUT2D eigenvalue weighted by Crippen LogP contribution is 2.42. The third kappa shape index (κ3) is 2.66. The molecule has 2 aliphatic rings. The van der Waals surface area contributed by atoms with Crippen LogP contribution in [0.25, 0.3) is 0 Å². The Hall–Kier alpha value is -2.43. The molecule has 1 aromatic carbocycles. The maximum Gasteiger partial charge on any atom is 0.269 e. The second-order valence-corrected chi connectivity index (χ2v) is 6.52. The molecule has 5 heteroatoms. The fourth-order valence-electron chi connectivity index (χ4n) is 2.91. The molecule has 0 N–H and O–H groups in total. The van der Waals surface area contributed by atoms with E-state index in [4.69, 9.17) is 4.74 Å². The minimum atomic E-state index is -0.426. The molecule has 0 radical (unpaired) electrons. The van der Waals surface area contributed by atoms with Crippen molar-refractivity contribution in [2.45, 2.75) is 32.8 Å². The van der Waals surface area contributed by atoms with E-state index in [2.05, 4.69) is 13.8 Å². The van der Waals surface area contributed by atoms with E-state index in [1.165, 1.54) is 12.1 Å². The zero-order chi connectivity index (χ0) is 15.9. The number of nitro benzene ring substituents is 1. The molecule has 3 rings (SSSR count). The number of nitrogens with zero attached hydrogens (tertiary/aromatic N) is 1. The molecule has 1 aliphatic heterocycles. The highest BCUT2D eigenvalue weighted by molar-refractivity contribution is 6.00. The summed E-state index contributed by atoms with van der Waals surface area (Å²) in [5.41, 5.74) is 1.46. The molecule has 0 aromatic heterocycles. The third-order valence-corrected chi connectivity index (χ3v) is 4.02. The fraction of sp³-hybridized carbons (Fsp3) is 0.353. The lowest BCUT2D eigenvalue weighted by molar-refractivity contribution is -0.384. The maximum absolute atomic E-state index is 12.1. The smallest absolute Gasteiger partial charge is 0.269 e. The molecule has 0 saturated carbocycles. The van der Waals surface area contributed by atoms with E-state index < -0.39 is 4.92 Å². The third-order valence-electron chi connectivity index (χ3n) is 4.02. The van der Waals surface area contributed by atoms with Crippen LogP contribution in [0.4, 0.5) is 5.69 Å². The van der Waals surface area contributed by atoms with Crippen LogP contribution in [-0.2, 0) is 9.53 Å². The number of rotatable bonds is 2. The van der Waals surface area contributed by atoms with Crippen molar-refractivity contribution in [1.29, 1.82) is 0 Å². The van der Waals surface area contributed by atoms with Crippen LogP contribution < -0.4 is 0 Å². The lowest BCUT2D eigenvalue weighted by Crippen LogP contribution is -2.28. The van der Waals surface area contributed by atoms with Gasteiger partial charge in [0.2, 0.25) is 0 Å². The number of benzene rings is 1. The molecule has 1 atom stereocenters. The molecule has 0 bridgehead atoms. The van der Waals surface area contributed by atoms with Gasteiger partial charge in [0.05, 0.1) is 10.5 Å². The Bertz CT molecular complexity index is 698. The van der Waals surface area contributed by atoms with Gasteiger partial charge in [-0.15, -0.1) is 0 Å². The molecule has 1 unspecified atom stereocenters. The summed E-state index contributed by atoms with van der Waals surface area (Å²) >= 11 is 0. The fourth-order valence-corrected chi connectivity index (χ4v) is 2.91. The van der Waals surface area contributed by atoms with Gasteiger partial charge in [0.1, 0.15) is 11.9 Å². The van der Waals surface area contributed by atoms with Crippen molar-refractivity contribution in [1.82, 2.24) is 0 Å². The van der Waals surface area contributed by atoms with Gasteiger partial charge in [0.15, 0.2) is 5.78 Å². The molecule has 1 aromatic rings. The van der Waals surface area contributed by atoms with Crippen molar-refractivity contribution in [3.8, 4) is 0 Å². The Labute approximate surface area is 128 Å². The molecule has 1 heterocycles. The zero-order valence-electron chi connectivity index (χ0n) is 12.5. The molecular weight excluding hydrogens is 282 g/mol. The number of ether oxygens (including phenoxy) is 1. The summed E-state index contributed by atoms with van der Waals surface area (Å²) in [5.74, 6) is 0.844. The first-order valence-electron chi connectivity index (χ1n) is 7.21. The maximum atomic E-state index is 12.1. The lowest BCUT2D eigenvalue weighted by atomic mass is 9.76. The average molecular weight is 299 g/mol. The van der Waals surface area contributed by atoms with Crippen LogP contribution in [0.15, 0.2) is 47.7 Å². The van der Waals surface area contributed by atoms with E-state index in [0.717, 1.165) is 17.7 Å². The van der Waals surface area contributed by atoms with Crippen LogP contribution in [0.2, 0.25) is 0 Å². The van der Waals surface area contributed by atoms with Crippen molar-refractivity contribution in [3.63, 3.8) is 0 Å². The van der Waals surface area contributed by atoms with Gasteiger partial charge in [-0.3, -0.25) is 14.9 Å². The van der Waals surface area contributed by atoms with Crippen LogP contribution >= 0.6 is 0 Å². The summed E-state index contributed by atoms with van der Waals surface area (Å²) in [6.45, 7) is 4.11. The van der Waals surface area contributed by atoms with Crippen LogP contribution in [0.5, 0.6) is 0 Å². The first kappa shape index (κ1) is 14.5. The van der Waals surface area contributed by atoms with Crippen LogP contribution in [0, 0.1) is 15.5 Å². The molecule has 0 spiro atoms. The molecule has 1 aliphatic carbocycles. The number of hydrogen-bond donors (Lipinski definition) is 0. The summed E-state index contributed by atoms with van der Waals surface area (Å²) in [7, 11) is 0. The number of nitro groups is 1. The van der Waals surface area contributed by atoms with E-state index >= 15 is 0 Å². The normalized spacial score (nSPS) is 23.0. The lowest BCUT2D eigenvalue weighted by Gasteiger charge is -2.34. The highest BCUT2D eigenvalue weighted by atomic mass is 16.6. The predicted molar refractivity (Wildman–Crippen MR) is 81.1 cm³/mol. The topological polar surface area (TPSA) is 69.4 Å². The minimum absolute atomic E-state index is 0.0532. The van der Waals surface area contributed by atoms with Gasteiger partial charge in [-0.1, -0.05) is 13.8 Å². The van der Waals surface area contributed by atoms with Gasteiger partial charge in [0.25, 0.3) is 5.69 Å². The van der Waals surface area contributed by atoms with Gasteiger partial charge in [-0.05, 0) is 35.3 Å². The van der Waals surface area contributed by atoms with Crippen molar-refractivity contribution >= 4 is 11.5 Å². The van der Waals surface area contributed by atoms with Gasteiger partial charge in [-0.25, -0.2) is 0 Å². The summed E-state index contributed by atoms with van der Waals surface area (Å²) in [6.07, 6.45) is 4.60. The SMILES string of the molecule is CC1(C)CC(=O)C2=C(C1)OC(c1ccc([N+](=O)[O-])cc1)C=C2. The Morgan fingerprint density at radius 3 is 2.55 bits per heavy atom. The molecule has 114 valence electrons. The Morgan fingerprint density at radius 2 is 1.91 bits per heavy atom. The van der Waals surface area contributed by atoms with Crippen molar-refractivity contribution < 1.29 is 14.5 Å². The number of carbonyl (C=O) groups is 1. The summed E-state index contributed by atoms with van der Waals surface area (Å²) in [6, 6.07) is 6.31. The number of hydrogen-bond acceptors (Lipinski definition) is 4.